The largest absolute Gasteiger partial charge is 0.506 e. The van der Waals surface area contributed by atoms with Crippen LogP contribution in [0.25, 0.3) is 0 Å². The van der Waals surface area contributed by atoms with Gasteiger partial charge in [-0.05, 0) is 27.7 Å². The SMILES string of the molecule is CC(C)OC(=O)O.CC(C)OC(=O)O. The van der Waals surface area contributed by atoms with Crippen molar-refractivity contribution in [3.63, 3.8) is 0 Å². The maximum Gasteiger partial charge on any atom is 0.506 e. The molecule has 6 heteroatoms. The summed E-state index contributed by atoms with van der Waals surface area (Å²) in [5.74, 6) is 0. The third-order valence-electron chi connectivity index (χ3n) is 0.673. The number of hydrogen-bond donors (Lipinski definition) is 2. The topological polar surface area (TPSA) is 93.1 Å². The van der Waals surface area contributed by atoms with Gasteiger partial charge >= 0.3 is 12.3 Å². The molecule has 0 rings (SSSR count). The molecule has 0 saturated carbocycles. The van der Waals surface area contributed by atoms with E-state index >= 15 is 0 Å². The van der Waals surface area contributed by atoms with Crippen molar-refractivity contribution >= 4 is 12.3 Å². The van der Waals surface area contributed by atoms with E-state index in [0.29, 0.717) is 0 Å². The van der Waals surface area contributed by atoms with Crippen LogP contribution >= 0.6 is 0 Å². The van der Waals surface area contributed by atoms with E-state index in [1.54, 1.807) is 27.7 Å². The van der Waals surface area contributed by atoms with Gasteiger partial charge in [-0.25, -0.2) is 9.59 Å². The minimum absolute atomic E-state index is 0.225. The highest BCUT2D eigenvalue weighted by Gasteiger charge is 1.97. The van der Waals surface area contributed by atoms with E-state index in [0.717, 1.165) is 0 Å². The molecule has 0 bridgehead atoms. The summed E-state index contributed by atoms with van der Waals surface area (Å²) in [6, 6.07) is 0. The third kappa shape index (κ3) is 22.4. The Morgan fingerprint density at radius 3 is 1.07 bits per heavy atom. The van der Waals surface area contributed by atoms with Crippen LogP contribution in [0.3, 0.4) is 0 Å². The molecule has 0 amide bonds. The van der Waals surface area contributed by atoms with Crippen LogP contribution in [0.4, 0.5) is 9.59 Å². The van der Waals surface area contributed by atoms with Gasteiger partial charge in [0.05, 0.1) is 12.2 Å². The van der Waals surface area contributed by atoms with Crippen LogP contribution in [0, 0.1) is 0 Å². The molecule has 0 spiro atoms. The highest BCUT2D eigenvalue weighted by atomic mass is 16.7. The number of carbonyl (C=O) groups is 2. The Bertz CT molecular complexity index is 155. The third-order valence-corrected chi connectivity index (χ3v) is 0.673. The lowest BCUT2D eigenvalue weighted by molar-refractivity contribution is 0.0646. The summed E-state index contributed by atoms with van der Waals surface area (Å²) in [6.45, 7) is 6.64. The van der Waals surface area contributed by atoms with Gasteiger partial charge in [-0.15, -0.1) is 0 Å². The number of rotatable bonds is 2. The van der Waals surface area contributed by atoms with Crippen molar-refractivity contribution in [1.82, 2.24) is 0 Å². The monoisotopic (exact) mass is 208 g/mol. The van der Waals surface area contributed by atoms with E-state index in [1.165, 1.54) is 0 Å². The molecule has 2 N–H and O–H groups in total. The van der Waals surface area contributed by atoms with Crippen LogP contribution < -0.4 is 0 Å². The Morgan fingerprint density at radius 2 is 1.07 bits per heavy atom. The number of carboxylic acid groups (broad SMARTS) is 2. The molecule has 0 aliphatic heterocycles. The first-order chi connectivity index (χ1) is 6.25. The smallest absolute Gasteiger partial charge is 0.450 e. The summed E-state index contributed by atoms with van der Waals surface area (Å²) in [7, 11) is 0. The maximum atomic E-state index is 9.59. The van der Waals surface area contributed by atoms with Crippen molar-refractivity contribution in [2.75, 3.05) is 0 Å². The van der Waals surface area contributed by atoms with Crippen LogP contribution in [-0.2, 0) is 9.47 Å². The Kier molecular flexibility index (Phi) is 8.75. The first-order valence-electron chi connectivity index (χ1n) is 4.04. The van der Waals surface area contributed by atoms with Gasteiger partial charge < -0.3 is 19.7 Å². The highest BCUT2D eigenvalue weighted by molar-refractivity contribution is 5.57. The molecule has 14 heavy (non-hydrogen) atoms. The molecule has 0 fully saturated rings. The molecule has 0 atom stereocenters. The zero-order valence-corrected chi connectivity index (χ0v) is 8.68. The van der Waals surface area contributed by atoms with Gasteiger partial charge in [-0.2, -0.15) is 0 Å². The fourth-order valence-corrected chi connectivity index (χ4v) is 0.403. The quantitative estimate of drug-likeness (QED) is 0.675. The molecule has 0 aromatic heterocycles. The van der Waals surface area contributed by atoms with Gasteiger partial charge in [0.25, 0.3) is 0 Å². The van der Waals surface area contributed by atoms with E-state index in [2.05, 4.69) is 9.47 Å². The first kappa shape index (κ1) is 15.0. The van der Waals surface area contributed by atoms with E-state index in [-0.39, 0.29) is 12.2 Å². The molecular weight excluding hydrogens is 192 g/mol. The van der Waals surface area contributed by atoms with Crippen molar-refractivity contribution in [3.05, 3.63) is 0 Å². The van der Waals surface area contributed by atoms with Crippen LogP contribution in [0.1, 0.15) is 27.7 Å². The van der Waals surface area contributed by atoms with Gasteiger partial charge in [0.2, 0.25) is 0 Å². The Labute approximate surface area is 82.4 Å². The Hall–Kier alpha value is -1.46. The molecule has 6 nitrogen and oxygen atoms in total. The zero-order chi connectivity index (χ0) is 11.7. The zero-order valence-electron chi connectivity index (χ0n) is 8.68. The average molecular weight is 208 g/mol. The molecule has 0 aliphatic rings. The number of hydrogen-bond acceptors (Lipinski definition) is 4. The molecule has 0 heterocycles. The van der Waals surface area contributed by atoms with Crippen molar-refractivity contribution in [2.45, 2.75) is 39.9 Å². The number of ether oxygens (including phenoxy) is 2. The predicted octanol–water partition coefficient (Wildman–Crippen LogP) is 2.18. The summed E-state index contributed by atoms with van der Waals surface area (Å²) >= 11 is 0. The molecule has 0 radical (unpaired) electrons. The fourth-order valence-electron chi connectivity index (χ4n) is 0.403. The van der Waals surface area contributed by atoms with Crippen molar-refractivity contribution in [2.24, 2.45) is 0 Å². The Morgan fingerprint density at radius 1 is 0.857 bits per heavy atom. The van der Waals surface area contributed by atoms with Gasteiger partial charge in [-0.3, -0.25) is 0 Å². The summed E-state index contributed by atoms with van der Waals surface area (Å²) < 4.78 is 8.33. The lowest BCUT2D eigenvalue weighted by atomic mass is 10.5. The van der Waals surface area contributed by atoms with Gasteiger partial charge in [0.15, 0.2) is 0 Å². The molecule has 0 aromatic rings. The van der Waals surface area contributed by atoms with Crippen molar-refractivity contribution in [3.8, 4) is 0 Å². The molecule has 0 unspecified atom stereocenters. The second kappa shape index (κ2) is 8.15. The minimum Gasteiger partial charge on any atom is -0.450 e. The summed E-state index contributed by atoms with van der Waals surface area (Å²) in [5.41, 5.74) is 0. The van der Waals surface area contributed by atoms with Gasteiger partial charge in [-0.1, -0.05) is 0 Å². The normalized spacial score (nSPS) is 9.00. The van der Waals surface area contributed by atoms with E-state index in [9.17, 15) is 9.59 Å². The van der Waals surface area contributed by atoms with Crippen molar-refractivity contribution in [1.29, 1.82) is 0 Å². The summed E-state index contributed by atoms with van der Waals surface area (Å²) in [6.07, 6.45) is -2.88. The van der Waals surface area contributed by atoms with Gasteiger partial charge in [0.1, 0.15) is 0 Å². The van der Waals surface area contributed by atoms with Crippen LogP contribution in [0.2, 0.25) is 0 Å². The fraction of sp³-hybridized carbons (Fsp3) is 0.750. The van der Waals surface area contributed by atoms with E-state index < -0.39 is 12.3 Å². The van der Waals surface area contributed by atoms with E-state index in [4.69, 9.17) is 10.2 Å². The van der Waals surface area contributed by atoms with Crippen LogP contribution in [0.15, 0.2) is 0 Å². The maximum absolute atomic E-state index is 9.59. The van der Waals surface area contributed by atoms with Gasteiger partial charge in [0, 0.05) is 0 Å². The molecule has 0 aliphatic carbocycles. The van der Waals surface area contributed by atoms with E-state index in [1.807, 2.05) is 0 Å². The second-order valence-electron chi connectivity index (χ2n) is 2.87. The second-order valence-corrected chi connectivity index (χ2v) is 2.87. The van der Waals surface area contributed by atoms with Crippen LogP contribution in [0.5, 0.6) is 0 Å². The summed E-state index contributed by atoms with van der Waals surface area (Å²) in [4.78, 5) is 19.2. The van der Waals surface area contributed by atoms with Crippen molar-refractivity contribution < 1.29 is 29.3 Å². The molecule has 0 saturated heterocycles. The average Bonchev–Trinajstić information content (AvgIpc) is 1.79. The molecular formula is C8H16O6. The highest BCUT2D eigenvalue weighted by Crippen LogP contribution is 1.86. The standard InChI is InChI=1S/2C4H8O3/c2*1-3(2)7-4(5)6/h2*3H,1-2H3,(H,5,6). The molecule has 0 aromatic carbocycles. The van der Waals surface area contributed by atoms with Crippen LogP contribution in [-0.4, -0.2) is 34.7 Å². The lowest BCUT2D eigenvalue weighted by Crippen LogP contribution is -2.07. The predicted molar refractivity (Wildman–Crippen MR) is 48.5 cm³/mol. The summed E-state index contributed by atoms with van der Waals surface area (Å²) in [5, 5.41) is 15.7. The minimum atomic E-state index is -1.21. The lowest BCUT2D eigenvalue weighted by Gasteiger charge is -1.99. The Balaban J connectivity index is 0. The first-order valence-corrected chi connectivity index (χ1v) is 4.04. The molecule has 84 valence electrons.